The Morgan fingerprint density at radius 1 is 1.12 bits per heavy atom. The molecule has 1 fully saturated rings. The van der Waals surface area contributed by atoms with Gasteiger partial charge in [-0.1, -0.05) is 41.5 Å². The standard InChI is InChI=1S/C10H20N2.2C2H6/c1-10(2)6-5-7-12(4)9(8-10)11-3;2*1-2/h5-8H2,1-4H3;2*1-2H3. The number of nitrogens with zero attached hydrogens (tertiary/aromatic N) is 2. The summed E-state index contributed by atoms with van der Waals surface area (Å²) in [4.78, 5) is 6.61. The highest BCUT2D eigenvalue weighted by molar-refractivity contribution is 5.82. The topological polar surface area (TPSA) is 15.6 Å². The van der Waals surface area contributed by atoms with E-state index in [1.54, 1.807) is 0 Å². The zero-order valence-electron chi connectivity index (χ0n) is 12.7. The predicted molar refractivity (Wildman–Crippen MR) is 76.3 cm³/mol. The van der Waals surface area contributed by atoms with Crippen LogP contribution in [0.4, 0.5) is 0 Å². The third-order valence-corrected chi connectivity index (χ3v) is 2.68. The zero-order chi connectivity index (χ0) is 13.2. The zero-order valence-corrected chi connectivity index (χ0v) is 12.7. The molecule has 1 aliphatic heterocycles. The number of amidine groups is 1. The summed E-state index contributed by atoms with van der Waals surface area (Å²) in [7, 11) is 4.04. The van der Waals surface area contributed by atoms with Gasteiger partial charge in [-0.2, -0.15) is 0 Å². The molecule has 1 rings (SSSR count). The van der Waals surface area contributed by atoms with Gasteiger partial charge in [-0.05, 0) is 18.3 Å². The summed E-state index contributed by atoms with van der Waals surface area (Å²) in [5, 5.41) is 0. The van der Waals surface area contributed by atoms with Gasteiger partial charge in [0.15, 0.2) is 0 Å². The van der Waals surface area contributed by atoms with Crippen molar-refractivity contribution >= 4 is 5.84 Å². The summed E-state index contributed by atoms with van der Waals surface area (Å²) in [6.45, 7) is 13.8. The number of hydrogen-bond donors (Lipinski definition) is 0. The van der Waals surface area contributed by atoms with E-state index in [2.05, 4.69) is 30.8 Å². The summed E-state index contributed by atoms with van der Waals surface area (Å²) >= 11 is 0. The summed E-state index contributed by atoms with van der Waals surface area (Å²) in [6.07, 6.45) is 3.74. The van der Waals surface area contributed by atoms with Crippen LogP contribution >= 0.6 is 0 Å². The molecule has 0 spiro atoms. The summed E-state index contributed by atoms with van der Waals surface area (Å²) in [5.74, 6) is 1.26. The van der Waals surface area contributed by atoms with Gasteiger partial charge in [0.1, 0.15) is 0 Å². The first kappa shape index (κ1) is 17.9. The van der Waals surface area contributed by atoms with Gasteiger partial charge in [0.05, 0.1) is 5.84 Å². The first-order chi connectivity index (χ1) is 7.55. The third kappa shape index (κ3) is 6.86. The van der Waals surface area contributed by atoms with E-state index < -0.39 is 0 Å². The highest BCUT2D eigenvalue weighted by atomic mass is 15.2. The molecule has 2 nitrogen and oxygen atoms in total. The fraction of sp³-hybridized carbons (Fsp3) is 0.929. The van der Waals surface area contributed by atoms with E-state index in [0.717, 1.165) is 13.0 Å². The maximum atomic E-state index is 4.33. The Bertz CT molecular complexity index is 183. The van der Waals surface area contributed by atoms with Crippen molar-refractivity contribution in [3.63, 3.8) is 0 Å². The van der Waals surface area contributed by atoms with Crippen molar-refractivity contribution in [2.75, 3.05) is 20.6 Å². The van der Waals surface area contributed by atoms with E-state index in [0.29, 0.717) is 5.41 Å². The van der Waals surface area contributed by atoms with Crippen LogP contribution in [0.1, 0.15) is 60.8 Å². The Morgan fingerprint density at radius 2 is 1.62 bits per heavy atom. The van der Waals surface area contributed by atoms with Crippen LogP contribution in [0, 0.1) is 5.41 Å². The van der Waals surface area contributed by atoms with Crippen LogP contribution < -0.4 is 0 Å². The van der Waals surface area contributed by atoms with Gasteiger partial charge in [0.2, 0.25) is 0 Å². The SMILES string of the molecule is CC.CC.CN=C1CC(C)(C)CCCN1C. The van der Waals surface area contributed by atoms with Gasteiger partial charge >= 0.3 is 0 Å². The minimum absolute atomic E-state index is 0.444. The molecule has 0 atom stereocenters. The lowest BCUT2D eigenvalue weighted by atomic mass is 9.85. The van der Waals surface area contributed by atoms with E-state index in [1.807, 2.05) is 34.7 Å². The Balaban J connectivity index is 0. The van der Waals surface area contributed by atoms with E-state index >= 15 is 0 Å². The van der Waals surface area contributed by atoms with Crippen molar-refractivity contribution in [1.82, 2.24) is 4.90 Å². The lowest BCUT2D eigenvalue weighted by molar-refractivity contribution is 0.350. The van der Waals surface area contributed by atoms with Gasteiger partial charge < -0.3 is 4.90 Å². The molecule has 0 N–H and O–H groups in total. The Labute approximate surface area is 103 Å². The predicted octanol–water partition coefficient (Wildman–Crippen LogP) is 4.21. The molecule has 1 heterocycles. The molecular weight excluding hydrogens is 196 g/mol. The summed E-state index contributed by atoms with van der Waals surface area (Å²) in [5.41, 5.74) is 0.444. The monoisotopic (exact) mass is 228 g/mol. The van der Waals surface area contributed by atoms with Crippen LogP contribution in [0.5, 0.6) is 0 Å². The van der Waals surface area contributed by atoms with Crippen LogP contribution in [0.15, 0.2) is 4.99 Å². The molecule has 0 aromatic heterocycles. The van der Waals surface area contributed by atoms with E-state index in [1.165, 1.54) is 18.7 Å². The van der Waals surface area contributed by atoms with Crippen LogP contribution in [0.2, 0.25) is 0 Å². The smallest absolute Gasteiger partial charge is 0.0988 e. The molecule has 0 unspecified atom stereocenters. The molecule has 2 heteroatoms. The Kier molecular flexibility index (Phi) is 10.8. The lowest BCUT2D eigenvalue weighted by Crippen LogP contribution is -2.27. The molecule has 0 aromatic carbocycles. The molecule has 1 aliphatic rings. The number of aliphatic imine (C=N–C) groups is 1. The second-order valence-corrected chi connectivity index (χ2v) is 4.51. The molecule has 98 valence electrons. The maximum Gasteiger partial charge on any atom is 0.0988 e. The second-order valence-electron chi connectivity index (χ2n) is 4.51. The van der Waals surface area contributed by atoms with Crippen LogP contribution in [-0.2, 0) is 0 Å². The van der Waals surface area contributed by atoms with Gasteiger partial charge in [-0.3, -0.25) is 4.99 Å². The number of rotatable bonds is 0. The average molecular weight is 228 g/mol. The fourth-order valence-corrected chi connectivity index (χ4v) is 1.82. The third-order valence-electron chi connectivity index (χ3n) is 2.68. The Hall–Kier alpha value is -0.530. The van der Waals surface area contributed by atoms with Gasteiger partial charge in [0, 0.05) is 27.1 Å². The van der Waals surface area contributed by atoms with Crippen LogP contribution in [-0.4, -0.2) is 31.4 Å². The molecule has 0 bridgehead atoms. The van der Waals surface area contributed by atoms with E-state index in [4.69, 9.17) is 0 Å². The molecule has 0 amide bonds. The molecule has 0 saturated carbocycles. The van der Waals surface area contributed by atoms with Crippen molar-refractivity contribution in [3.05, 3.63) is 0 Å². The molecule has 1 saturated heterocycles. The highest BCUT2D eigenvalue weighted by Gasteiger charge is 2.25. The first-order valence-corrected chi connectivity index (χ1v) is 6.72. The van der Waals surface area contributed by atoms with E-state index in [-0.39, 0.29) is 0 Å². The molecule has 16 heavy (non-hydrogen) atoms. The van der Waals surface area contributed by atoms with Crippen molar-refractivity contribution < 1.29 is 0 Å². The maximum absolute atomic E-state index is 4.33. The highest BCUT2D eigenvalue weighted by Crippen LogP contribution is 2.30. The molecular formula is C14H32N2. The van der Waals surface area contributed by atoms with Crippen molar-refractivity contribution in [2.24, 2.45) is 10.4 Å². The van der Waals surface area contributed by atoms with Gasteiger partial charge in [-0.25, -0.2) is 0 Å². The quantitative estimate of drug-likeness (QED) is 0.606. The largest absolute Gasteiger partial charge is 0.363 e. The first-order valence-electron chi connectivity index (χ1n) is 6.72. The number of likely N-dealkylation sites (tertiary alicyclic amines) is 1. The second kappa shape index (κ2) is 9.68. The van der Waals surface area contributed by atoms with Gasteiger partial charge in [0.25, 0.3) is 0 Å². The van der Waals surface area contributed by atoms with Crippen molar-refractivity contribution in [3.8, 4) is 0 Å². The van der Waals surface area contributed by atoms with Crippen LogP contribution in [0.3, 0.4) is 0 Å². The summed E-state index contributed by atoms with van der Waals surface area (Å²) < 4.78 is 0. The minimum Gasteiger partial charge on any atom is -0.363 e. The van der Waals surface area contributed by atoms with E-state index in [9.17, 15) is 0 Å². The number of hydrogen-bond acceptors (Lipinski definition) is 1. The molecule has 0 aliphatic carbocycles. The Morgan fingerprint density at radius 3 is 2.06 bits per heavy atom. The normalized spacial score (nSPS) is 21.2. The molecule has 0 aromatic rings. The fourth-order valence-electron chi connectivity index (χ4n) is 1.82. The van der Waals surface area contributed by atoms with Crippen molar-refractivity contribution in [1.29, 1.82) is 0 Å². The lowest BCUT2D eigenvalue weighted by Gasteiger charge is -2.23. The van der Waals surface area contributed by atoms with Gasteiger partial charge in [-0.15, -0.1) is 0 Å². The minimum atomic E-state index is 0.444. The summed E-state index contributed by atoms with van der Waals surface area (Å²) in [6, 6.07) is 0. The average Bonchev–Trinajstić information content (AvgIpc) is 2.43. The van der Waals surface area contributed by atoms with Crippen LogP contribution in [0.25, 0.3) is 0 Å². The molecule has 0 radical (unpaired) electrons. The van der Waals surface area contributed by atoms with Crippen molar-refractivity contribution in [2.45, 2.75) is 60.8 Å².